The number of aromatic nitrogens is 2. The lowest BCUT2D eigenvalue weighted by atomic mass is 10.3. The van der Waals surface area contributed by atoms with E-state index in [0.717, 1.165) is 29.6 Å². The quantitative estimate of drug-likeness (QED) is 0.348. The summed E-state index contributed by atoms with van der Waals surface area (Å²) in [4.78, 5) is 30.5. The Balaban J connectivity index is 2.02. The van der Waals surface area contributed by atoms with Crippen LogP contribution in [0.2, 0.25) is 0 Å². The van der Waals surface area contributed by atoms with Crippen molar-refractivity contribution in [2.75, 3.05) is 12.4 Å². The van der Waals surface area contributed by atoms with Gasteiger partial charge in [0.1, 0.15) is 11.0 Å². The van der Waals surface area contributed by atoms with Crippen LogP contribution in [0.15, 0.2) is 39.1 Å². The zero-order valence-corrected chi connectivity index (χ0v) is 17.8. The first kappa shape index (κ1) is 22.5. The van der Waals surface area contributed by atoms with Gasteiger partial charge in [0.15, 0.2) is 5.16 Å². The molecule has 11 heteroatoms. The van der Waals surface area contributed by atoms with E-state index < -0.39 is 23.3 Å². The second-order valence-corrected chi connectivity index (χ2v) is 8.49. The summed E-state index contributed by atoms with van der Waals surface area (Å²) in [5, 5.41) is -0.270. The number of hydrogen-bond acceptors (Lipinski definition) is 7. The summed E-state index contributed by atoms with van der Waals surface area (Å²) in [6.07, 6.45) is -3.71. The molecule has 0 amide bonds. The summed E-state index contributed by atoms with van der Waals surface area (Å²) >= 11 is 2.50. The molecule has 0 radical (unpaired) electrons. The lowest BCUT2D eigenvalue weighted by Crippen LogP contribution is -2.26. The predicted molar refractivity (Wildman–Crippen MR) is 108 cm³/mol. The van der Waals surface area contributed by atoms with E-state index in [-0.39, 0.29) is 12.2 Å². The van der Waals surface area contributed by atoms with Gasteiger partial charge in [-0.1, -0.05) is 18.7 Å². The average molecular weight is 460 g/mol. The molecule has 1 aliphatic rings. The smallest absolute Gasteiger partial charge is 0.465 e. The topological polar surface area (TPSA) is 70.4 Å². The summed E-state index contributed by atoms with van der Waals surface area (Å²) in [7, 11) is 0. The molecule has 0 saturated carbocycles. The van der Waals surface area contributed by atoms with E-state index in [2.05, 4.69) is 9.72 Å². The first-order valence-electron chi connectivity index (χ1n) is 9.21. The largest absolute Gasteiger partial charge is 0.573 e. The zero-order chi connectivity index (χ0) is 21.9. The highest BCUT2D eigenvalue weighted by Gasteiger charge is 2.31. The third-order valence-corrected chi connectivity index (χ3v) is 6.57. The van der Waals surface area contributed by atoms with E-state index in [0.29, 0.717) is 34.3 Å². The molecule has 0 aliphatic carbocycles. The van der Waals surface area contributed by atoms with Gasteiger partial charge in [0.2, 0.25) is 0 Å². The van der Waals surface area contributed by atoms with Gasteiger partial charge >= 0.3 is 12.3 Å². The molecule has 1 aliphatic heterocycles. The van der Waals surface area contributed by atoms with E-state index in [1.54, 1.807) is 6.92 Å². The summed E-state index contributed by atoms with van der Waals surface area (Å²) in [5.74, 6) is -0.0800. The Morgan fingerprint density at radius 3 is 2.60 bits per heavy atom. The molecule has 0 N–H and O–H groups in total. The van der Waals surface area contributed by atoms with E-state index in [1.807, 2.05) is 6.92 Å². The van der Waals surface area contributed by atoms with Crippen LogP contribution in [0.3, 0.4) is 0 Å². The third-order valence-electron chi connectivity index (χ3n) is 4.16. The minimum absolute atomic E-state index is 0.234. The van der Waals surface area contributed by atoms with Crippen molar-refractivity contribution in [2.45, 2.75) is 48.4 Å². The molecule has 0 spiro atoms. The summed E-state index contributed by atoms with van der Waals surface area (Å²) in [5.41, 5.74) is 0.686. The Morgan fingerprint density at radius 1 is 1.30 bits per heavy atom. The van der Waals surface area contributed by atoms with Crippen LogP contribution in [0.1, 0.15) is 26.0 Å². The highest BCUT2D eigenvalue weighted by atomic mass is 32.2. The molecule has 162 valence electrons. The number of aryl methyl sites for hydroxylation is 1. The number of ether oxygens (including phenoxy) is 2. The van der Waals surface area contributed by atoms with Crippen molar-refractivity contribution in [1.82, 2.24) is 9.55 Å². The number of esters is 1. The Hall–Kier alpha value is -2.14. The molecule has 2 aromatic rings. The number of nitrogens with zero attached hydrogens (tertiary/aromatic N) is 2. The number of halogens is 3. The van der Waals surface area contributed by atoms with E-state index in [9.17, 15) is 22.8 Å². The van der Waals surface area contributed by atoms with Gasteiger partial charge in [-0.25, -0.2) is 4.98 Å². The van der Waals surface area contributed by atoms with Crippen molar-refractivity contribution < 1.29 is 27.4 Å². The van der Waals surface area contributed by atoms with Gasteiger partial charge in [0.05, 0.1) is 22.9 Å². The number of benzene rings is 1. The van der Waals surface area contributed by atoms with Crippen molar-refractivity contribution in [2.24, 2.45) is 0 Å². The summed E-state index contributed by atoms with van der Waals surface area (Å²) in [6.45, 7) is 3.77. The minimum Gasteiger partial charge on any atom is -0.465 e. The Labute approximate surface area is 179 Å². The van der Waals surface area contributed by atoms with E-state index >= 15 is 0 Å². The van der Waals surface area contributed by atoms with Crippen LogP contribution in [-0.2, 0) is 16.0 Å². The highest BCUT2D eigenvalue weighted by molar-refractivity contribution is 8.00. The number of alkyl halides is 3. The number of carbonyl (C=O) groups excluding carboxylic acids is 1. The molecule has 1 aromatic heterocycles. The van der Waals surface area contributed by atoms with Crippen LogP contribution in [0.5, 0.6) is 5.75 Å². The Morgan fingerprint density at radius 2 is 2.00 bits per heavy atom. The fourth-order valence-electron chi connectivity index (χ4n) is 2.86. The van der Waals surface area contributed by atoms with Gasteiger partial charge in [-0.2, -0.15) is 0 Å². The monoisotopic (exact) mass is 460 g/mol. The molecule has 1 aromatic carbocycles. The van der Waals surface area contributed by atoms with Gasteiger partial charge in [-0.3, -0.25) is 14.2 Å². The fraction of sp³-hybridized carbons (Fsp3) is 0.421. The van der Waals surface area contributed by atoms with Crippen LogP contribution >= 0.6 is 23.5 Å². The number of hydrogen-bond donors (Lipinski definition) is 0. The molecule has 3 rings (SSSR count). The molecule has 0 saturated heterocycles. The van der Waals surface area contributed by atoms with Gasteiger partial charge in [0.25, 0.3) is 5.56 Å². The minimum atomic E-state index is -4.81. The van der Waals surface area contributed by atoms with Crippen LogP contribution in [0.25, 0.3) is 5.69 Å². The highest BCUT2D eigenvalue weighted by Crippen LogP contribution is 2.33. The number of rotatable bonds is 7. The van der Waals surface area contributed by atoms with Crippen LogP contribution in [-0.4, -0.2) is 39.5 Å². The Bertz CT molecular complexity index is 977. The fourth-order valence-corrected chi connectivity index (χ4v) is 4.93. The molecule has 0 bridgehead atoms. The number of fused-ring (bicyclic) bond motifs is 1. The maximum Gasteiger partial charge on any atom is 0.573 e. The first-order valence-corrected chi connectivity index (χ1v) is 11.1. The zero-order valence-electron chi connectivity index (χ0n) is 16.2. The molecule has 1 atom stereocenters. The van der Waals surface area contributed by atoms with Crippen LogP contribution < -0.4 is 10.3 Å². The van der Waals surface area contributed by atoms with Crippen LogP contribution in [0, 0.1) is 0 Å². The second kappa shape index (κ2) is 9.34. The lowest BCUT2D eigenvalue weighted by Gasteiger charge is -2.18. The SMILES string of the molecule is CCOC(=O)C(CC)Sc1nc2c(c(=O)n1-c1ccc(OC(F)(F)F)cc1)SCC2. The second-order valence-electron chi connectivity index (χ2n) is 6.22. The first-order chi connectivity index (χ1) is 14.2. The molecule has 2 heterocycles. The molecule has 6 nitrogen and oxygen atoms in total. The van der Waals surface area contributed by atoms with Crippen molar-refractivity contribution in [1.29, 1.82) is 0 Å². The van der Waals surface area contributed by atoms with Crippen molar-refractivity contribution in [3.63, 3.8) is 0 Å². The maximum atomic E-state index is 13.1. The Kier molecular flexibility index (Phi) is 7.02. The van der Waals surface area contributed by atoms with Crippen molar-refractivity contribution >= 4 is 29.5 Å². The van der Waals surface area contributed by atoms with E-state index in [1.165, 1.54) is 28.5 Å². The predicted octanol–water partition coefficient (Wildman–Crippen LogP) is 4.21. The van der Waals surface area contributed by atoms with Gasteiger partial charge in [0, 0.05) is 12.2 Å². The van der Waals surface area contributed by atoms with E-state index in [4.69, 9.17) is 4.74 Å². The molecular formula is C19H19F3N2O4S2. The lowest BCUT2D eigenvalue weighted by molar-refractivity contribution is -0.274. The molecule has 30 heavy (non-hydrogen) atoms. The maximum absolute atomic E-state index is 13.1. The van der Waals surface area contributed by atoms with Crippen molar-refractivity contribution in [3.8, 4) is 11.4 Å². The normalized spacial score (nSPS) is 14.3. The molecular weight excluding hydrogens is 441 g/mol. The van der Waals surface area contributed by atoms with Crippen LogP contribution in [0.4, 0.5) is 13.2 Å². The number of carbonyl (C=O) groups is 1. The van der Waals surface area contributed by atoms with Crippen molar-refractivity contribution in [3.05, 3.63) is 40.3 Å². The van der Waals surface area contributed by atoms with Gasteiger partial charge in [-0.15, -0.1) is 24.9 Å². The van der Waals surface area contributed by atoms with Gasteiger partial charge < -0.3 is 9.47 Å². The third kappa shape index (κ3) is 5.12. The standard InChI is InChI=1S/C19H19F3N2O4S2/c1-3-14(17(26)27-4-2)30-18-23-13-9-10-29-15(13)16(25)24(18)11-5-7-12(8-6-11)28-19(20,21)22/h5-8,14H,3-4,9-10H2,1-2H3. The molecule has 0 fully saturated rings. The molecule has 1 unspecified atom stereocenters. The van der Waals surface area contributed by atoms with Gasteiger partial charge in [-0.05, 0) is 37.6 Å². The summed E-state index contributed by atoms with van der Waals surface area (Å²) in [6, 6.07) is 4.97. The average Bonchev–Trinajstić information content (AvgIpc) is 3.15. The number of thioether (sulfide) groups is 2. The summed E-state index contributed by atoms with van der Waals surface area (Å²) < 4.78 is 47.6.